The van der Waals surface area contributed by atoms with Crippen molar-refractivity contribution in [2.24, 2.45) is 17.6 Å². The van der Waals surface area contributed by atoms with Gasteiger partial charge >= 0.3 is 0 Å². The molecule has 10 amide bonds. The second kappa shape index (κ2) is 29.9. The van der Waals surface area contributed by atoms with E-state index in [9.17, 15) is 53.2 Å². The van der Waals surface area contributed by atoms with Crippen LogP contribution in [-0.4, -0.2) is 141 Å². The highest BCUT2D eigenvalue weighted by atomic mass is 16.5. The molecule has 25 heteroatoms. The molecule has 4 aromatic rings. The highest BCUT2D eigenvalue weighted by Gasteiger charge is 2.35. The smallest absolute Gasteiger partial charge is 0.265 e. The summed E-state index contributed by atoms with van der Waals surface area (Å²) >= 11 is 0. The molecule has 0 spiro atoms. The van der Waals surface area contributed by atoms with Gasteiger partial charge < -0.3 is 63.6 Å². The summed E-state index contributed by atoms with van der Waals surface area (Å²) in [5.74, 6) is -8.16. The summed E-state index contributed by atoms with van der Waals surface area (Å²) < 4.78 is 0. The molecule has 1 saturated heterocycles. The molecular formula is C53H74N14O11. The van der Waals surface area contributed by atoms with Crippen LogP contribution in [0.4, 0.5) is 0 Å². The molecule has 1 aliphatic rings. The predicted octanol–water partition coefficient (Wildman–Crippen LogP) is -0.936. The van der Waals surface area contributed by atoms with Crippen LogP contribution in [-0.2, 0) is 67.2 Å². The first-order valence-corrected chi connectivity index (χ1v) is 26.1. The monoisotopic (exact) mass is 1080 g/mol. The number of primary amides is 1. The molecule has 0 bridgehead atoms. The molecule has 0 aliphatic carbocycles. The highest BCUT2D eigenvalue weighted by Crippen LogP contribution is 2.20. The second-order valence-corrected chi connectivity index (χ2v) is 20.2. The van der Waals surface area contributed by atoms with Crippen molar-refractivity contribution in [1.82, 2.24) is 68.3 Å². The van der Waals surface area contributed by atoms with Gasteiger partial charge in [0.2, 0.25) is 53.2 Å². The number of hydrogen-bond donors (Lipinski definition) is 14. The lowest BCUT2D eigenvalue weighted by Crippen LogP contribution is -2.60. The Morgan fingerprint density at radius 3 is 1.95 bits per heavy atom. The first kappa shape index (κ1) is 60.7. The lowest BCUT2D eigenvalue weighted by molar-refractivity contribution is -0.136. The fourth-order valence-corrected chi connectivity index (χ4v) is 8.83. The van der Waals surface area contributed by atoms with E-state index in [0.29, 0.717) is 24.2 Å². The third-order valence-electron chi connectivity index (χ3n) is 13.1. The molecule has 422 valence electrons. The number of nitrogens with one attached hydrogen (secondary N) is 12. The van der Waals surface area contributed by atoms with Crippen molar-refractivity contribution in [3.63, 3.8) is 0 Å². The zero-order chi connectivity index (χ0) is 56.9. The minimum Gasteiger partial charge on any atom is -0.370 e. The van der Waals surface area contributed by atoms with Crippen LogP contribution < -0.4 is 59.1 Å². The van der Waals surface area contributed by atoms with Gasteiger partial charge in [-0.25, -0.2) is 10.5 Å². The van der Waals surface area contributed by atoms with E-state index in [1.54, 1.807) is 56.4 Å². The number of hydroxylamine groups is 1. The number of carbonyl (C=O) groups excluding carboxylic acids is 10. The lowest BCUT2D eigenvalue weighted by atomic mass is 10.0. The number of nitrogens with zero attached hydrogens (tertiary/aromatic N) is 1. The van der Waals surface area contributed by atoms with Crippen molar-refractivity contribution >= 4 is 70.0 Å². The zero-order valence-electron chi connectivity index (χ0n) is 44.5. The van der Waals surface area contributed by atoms with Crippen molar-refractivity contribution in [3.05, 3.63) is 90.1 Å². The van der Waals surface area contributed by atoms with Gasteiger partial charge in [-0.15, -0.1) is 0 Å². The Morgan fingerprint density at radius 1 is 0.667 bits per heavy atom. The summed E-state index contributed by atoms with van der Waals surface area (Å²) in [6, 6.07) is 6.76. The maximum atomic E-state index is 14.4. The van der Waals surface area contributed by atoms with Gasteiger partial charge in [0.1, 0.15) is 42.3 Å². The van der Waals surface area contributed by atoms with Crippen molar-refractivity contribution in [1.29, 1.82) is 0 Å². The Kier molecular flexibility index (Phi) is 23.3. The average Bonchev–Trinajstić information content (AvgIpc) is 4.10. The summed E-state index contributed by atoms with van der Waals surface area (Å²) in [5, 5.41) is 34.2. The molecule has 0 saturated carbocycles. The molecule has 1 fully saturated rings. The van der Waals surface area contributed by atoms with Gasteiger partial charge in [0.25, 0.3) is 5.91 Å². The number of hydrogen-bond acceptors (Lipinski definition) is 13. The number of imidazole rings is 1. The van der Waals surface area contributed by atoms with Crippen molar-refractivity contribution in [2.45, 2.75) is 141 Å². The van der Waals surface area contributed by atoms with Crippen LogP contribution in [0.25, 0.3) is 10.9 Å². The van der Waals surface area contributed by atoms with Crippen molar-refractivity contribution in [3.8, 4) is 0 Å². The fourth-order valence-electron chi connectivity index (χ4n) is 8.83. The number of piperidine rings is 1. The standard InChI is InChI=1S/C53H74N14O11/c1-29(2)21-39(52(76)67-78)63-51(75)42(24-34-26-55-28-59-34)61-44(69)27-58-53(77)45(30(3)4)66-46(70)31(5)60-49(73)41(23-33-25-57-36-16-10-9-15-35(33)36)65-48(72)38(18-19-43(54)68)62-50(74)40(22-32-13-7-6-8-14-32)64-47(71)37-17-11-12-20-56-37/h6-10,13-16,25-26,28-31,37-42,45,56-57,78H,11-12,17-24,27H2,1-5H3,(H2,54,68)(H,55,59)(H,58,77)(H,60,73)(H,61,69)(H,62,74)(H,63,75)(H,64,71)(H,65,72)(H,66,70)(H,67,76)/t31-,37-,38-,39-,40+,41-,42-,45-/m0/s1. The molecule has 0 radical (unpaired) electrons. The van der Waals surface area contributed by atoms with Crippen LogP contribution in [0.5, 0.6) is 0 Å². The third kappa shape index (κ3) is 18.8. The molecule has 8 atom stereocenters. The zero-order valence-corrected chi connectivity index (χ0v) is 44.5. The largest absolute Gasteiger partial charge is 0.370 e. The molecule has 0 unspecified atom stereocenters. The van der Waals surface area contributed by atoms with Crippen LogP contribution in [0, 0.1) is 11.8 Å². The molecular weight excluding hydrogens is 1010 g/mol. The van der Waals surface area contributed by atoms with Crippen LogP contribution in [0.3, 0.4) is 0 Å². The highest BCUT2D eigenvalue weighted by molar-refractivity contribution is 5.98. The maximum Gasteiger partial charge on any atom is 0.265 e. The Morgan fingerprint density at radius 2 is 1.31 bits per heavy atom. The molecule has 15 N–H and O–H groups in total. The van der Waals surface area contributed by atoms with E-state index < -0.39 is 114 Å². The SMILES string of the molecule is CC(C)C[C@H](NC(=O)[C@H](Cc1cnc[nH]1)NC(=O)CNC(=O)[C@@H](NC(=O)[C@H](C)NC(=O)[C@H](Cc1c[nH]c2ccccc12)NC(=O)[C@H](CCC(N)=O)NC(=O)[C@@H](Cc1ccccc1)NC(=O)[C@@H]1CCCCN1)C(C)C)C(=O)NO. The van der Waals surface area contributed by atoms with E-state index in [1.807, 2.05) is 32.0 Å². The van der Waals surface area contributed by atoms with Crippen LogP contribution >= 0.6 is 0 Å². The molecule has 1 aliphatic heterocycles. The van der Waals surface area contributed by atoms with E-state index >= 15 is 0 Å². The quantitative estimate of drug-likeness (QED) is 0.0231. The number of aromatic nitrogens is 3. The number of carbonyl (C=O) groups is 10. The molecule has 5 rings (SSSR count). The number of H-pyrrole nitrogens is 2. The van der Waals surface area contributed by atoms with Gasteiger partial charge in [-0.05, 0) is 68.2 Å². The number of nitrogens with two attached hydrogens (primary N) is 1. The maximum absolute atomic E-state index is 14.4. The van der Waals surface area contributed by atoms with Gasteiger partial charge in [0.05, 0.1) is 18.9 Å². The number of amides is 10. The van der Waals surface area contributed by atoms with E-state index in [4.69, 9.17) is 5.73 Å². The molecule has 2 aromatic carbocycles. The first-order valence-electron chi connectivity index (χ1n) is 26.1. The minimum absolute atomic E-state index is 0.0585. The van der Waals surface area contributed by atoms with E-state index in [1.165, 1.54) is 24.9 Å². The van der Waals surface area contributed by atoms with E-state index in [0.717, 1.165) is 29.3 Å². The topological polar surface area (TPSA) is 382 Å². The van der Waals surface area contributed by atoms with Crippen molar-refractivity contribution < 1.29 is 53.2 Å². The molecule has 25 nitrogen and oxygen atoms in total. The summed E-state index contributed by atoms with van der Waals surface area (Å²) in [4.78, 5) is 145. The predicted molar refractivity (Wildman–Crippen MR) is 285 cm³/mol. The molecule has 2 aromatic heterocycles. The van der Waals surface area contributed by atoms with Crippen LogP contribution in [0.2, 0.25) is 0 Å². The van der Waals surface area contributed by atoms with Gasteiger partial charge in [-0.3, -0.25) is 53.2 Å². The average molecular weight is 1080 g/mol. The second-order valence-electron chi connectivity index (χ2n) is 20.2. The number of aromatic amines is 2. The van der Waals surface area contributed by atoms with Crippen LogP contribution in [0.1, 0.15) is 90.0 Å². The Bertz CT molecular complexity index is 2690. The van der Waals surface area contributed by atoms with E-state index in [-0.39, 0.29) is 50.4 Å². The Balaban J connectivity index is 1.28. The summed E-state index contributed by atoms with van der Waals surface area (Å²) in [7, 11) is 0. The number of rotatable bonds is 29. The van der Waals surface area contributed by atoms with Gasteiger partial charge in [0.15, 0.2) is 0 Å². The number of benzene rings is 2. The normalized spacial score (nSPS) is 16.0. The Hall–Kier alpha value is -8.19. The molecule has 3 heterocycles. The summed E-state index contributed by atoms with van der Waals surface area (Å²) in [6.07, 6.45) is 6.22. The van der Waals surface area contributed by atoms with Gasteiger partial charge in [-0.1, -0.05) is 82.6 Å². The number of para-hydroxylation sites is 1. The van der Waals surface area contributed by atoms with Crippen molar-refractivity contribution in [2.75, 3.05) is 13.1 Å². The number of fused-ring (bicyclic) bond motifs is 1. The minimum atomic E-state index is -1.43. The van der Waals surface area contributed by atoms with Gasteiger partial charge in [-0.2, -0.15) is 0 Å². The lowest BCUT2D eigenvalue weighted by Gasteiger charge is -2.28. The summed E-state index contributed by atoms with van der Waals surface area (Å²) in [5.41, 5.74) is 9.59. The fraction of sp³-hybridized carbons (Fsp3) is 0.491. The first-order chi connectivity index (χ1) is 37.2. The third-order valence-corrected chi connectivity index (χ3v) is 13.1. The molecule has 78 heavy (non-hydrogen) atoms. The van der Waals surface area contributed by atoms with Crippen LogP contribution in [0.15, 0.2) is 73.3 Å². The Labute approximate surface area is 451 Å². The summed E-state index contributed by atoms with van der Waals surface area (Å²) in [6.45, 7) is 8.26. The van der Waals surface area contributed by atoms with Gasteiger partial charge in [0, 0.05) is 54.7 Å². The van der Waals surface area contributed by atoms with E-state index in [2.05, 4.69) is 62.8 Å².